The SMILES string of the molecule is CCOC(=O)c1cnc2c(c1)c(=O)n(CC(=O)OC)c(=O)n2C. The summed E-state index contributed by atoms with van der Waals surface area (Å²) in [7, 11) is 2.56. The Morgan fingerprint density at radius 2 is 2.00 bits per heavy atom. The summed E-state index contributed by atoms with van der Waals surface area (Å²) in [4.78, 5) is 51.7. The zero-order chi connectivity index (χ0) is 17.1. The van der Waals surface area contributed by atoms with E-state index in [1.807, 2.05) is 0 Å². The van der Waals surface area contributed by atoms with E-state index in [1.54, 1.807) is 6.92 Å². The summed E-state index contributed by atoms with van der Waals surface area (Å²) in [6.45, 7) is 1.30. The van der Waals surface area contributed by atoms with Crippen LogP contribution in [0, 0.1) is 0 Å². The van der Waals surface area contributed by atoms with Gasteiger partial charge in [0.1, 0.15) is 12.2 Å². The van der Waals surface area contributed by atoms with Crippen LogP contribution in [0.4, 0.5) is 0 Å². The number of carbonyl (C=O) groups excluding carboxylic acids is 2. The maximum absolute atomic E-state index is 12.4. The molecule has 2 heterocycles. The first kappa shape index (κ1) is 16.4. The van der Waals surface area contributed by atoms with E-state index in [9.17, 15) is 19.2 Å². The molecule has 0 aliphatic carbocycles. The summed E-state index contributed by atoms with van der Waals surface area (Å²) >= 11 is 0. The average molecular weight is 321 g/mol. The predicted molar refractivity (Wildman–Crippen MR) is 79.2 cm³/mol. The fraction of sp³-hybridized carbons (Fsp3) is 0.357. The van der Waals surface area contributed by atoms with Crippen molar-refractivity contribution in [1.29, 1.82) is 0 Å². The van der Waals surface area contributed by atoms with Gasteiger partial charge in [-0.05, 0) is 13.0 Å². The van der Waals surface area contributed by atoms with Crippen LogP contribution in [0.25, 0.3) is 11.0 Å². The Hall–Kier alpha value is -2.97. The van der Waals surface area contributed by atoms with Crippen LogP contribution in [-0.4, -0.2) is 39.8 Å². The molecule has 0 spiro atoms. The van der Waals surface area contributed by atoms with Gasteiger partial charge in [0.15, 0.2) is 0 Å². The molecular weight excluding hydrogens is 306 g/mol. The van der Waals surface area contributed by atoms with E-state index in [2.05, 4.69) is 9.72 Å². The van der Waals surface area contributed by atoms with Crippen molar-refractivity contribution in [3.8, 4) is 0 Å². The molecule has 0 N–H and O–H groups in total. The van der Waals surface area contributed by atoms with E-state index >= 15 is 0 Å². The second-order valence-corrected chi connectivity index (χ2v) is 4.62. The number of aromatic nitrogens is 3. The molecule has 0 aliphatic heterocycles. The highest BCUT2D eigenvalue weighted by atomic mass is 16.5. The van der Waals surface area contributed by atoms with Crippen molar-refractivity contribution in [2.24, 2.45) is 7.05 Å². The van der Waals surface area contributed by atoms with Gasteiger partial charge in [-0.3, -0.25) is 14.2 Å². The normalized spacial score (nSPS) is 10.6. The van der Waals surface area contributed by atoms with Crippen molar-refractivity contribution in [2.45, 2.75) is 13.5 Å². The summed E-state index contributed by atoms with van der Waals surface area (Å²) in [5.74, 6) is -1.37. The van der Waals surface area contributed by atoms with Crippen LogP contribution < -0.4 is 11.2 Å². The molecule has 23 heavy (non-hydrogen) atoms. The second-order valence-electron chi connectivity index (χ2n) is 4.62. The summed E-state index contributed by atoms with van der Waals surface area (Å²) in [5, 5.41) is 0.0292. The first-order valence-electron chi connectivity index (χ1n) is 6.74. The van der Waals surface area contributed by atoms with Crippen LogP contribution in [-0.2, 0) is 27.9 Å². The number of methoxy groups -OCH3 is 1. The largest absolute Gasteiger partial charge is 0.468 e. The highest BCUT2D eigenvalue weighted by molar-refractivity contribution is 5.92. The van der Waals surface area contributed by atoms with Crippen LogP contribution in [0.15, 0.2) is 21.9 Å². The smallest absolute Gasteiger partial charge is 0.339 e. The molecule has 2 aromatic heterocycles. The van der Waals surface area contributed by atoms with Gasteiger partial charge in [-0.1, -0.05) is 0 Å². The minimum absolute atomic E-state index is 0.0292. The quantitative estimate of drug-likeness (QED) is 0.695. The molecule has 0 aromatic carbocycles. The minimum Gasteiger partial charge on any atom is -0.468 e. The monoisotopic (exact) mass is 321 g/mol. The van der Waals surface area contributed by atoms with Gasteiger partial charge in [0, 0.05) is 13.2 Å². The van der Waals surface area contributed by atoms with E-state index < -0.39 is 29.7 Å². The van der Waals surface area contributed by atoms with E-state index in [-0.39, 0.29) is 23.2 Å². The molecule has 0 radical (unpaired) electrons. The first-order valence-corrected chi connectivity index (χ1v) is 6.74. The van der Waals surface area contributed by atoms with Gasteiger partial charge in [0.2, 0.25) is 0 Å². The van der Waals surface area contributed by atoms with Crippen LogP contribution >= 0.6 is 0 Å². The van der Waals surface area contributed by atoms with Crippen molar-refractivity contribution in [1.82, 2.24) is 14.1 Å². The summed E-state index contributed by atoms with van der Waals surface area (Å²) in [5.41, 5.74) is -1.25. The standard InChI is InChI=1S/C14H15N3O6/c1-4-23-13(20)8-5-9-11(15-6-8)16(2)14(21)17(12(9)19)7-10(18)22-3/h5-6H,4,7H2,1-3H3. The minimum atomic E-state index is -0.738. The molecular formula is C14H15N3O6. The molecule has 0 aliphatic rings. The number of hydrogen-bond acceptors (Lipinski definition) is 7. The Morgan fingerprint density at radius 1 is 1.30 bits per heavy atom. The highest BCUT2D eigenvalue weighted by Crippen LogP contribution is 2.08. The number of pyridine rings is 1. The summed E-state index contributed by atoms with van der Waals surface area (Å²) in [6.07, 6.45) is 1.23. The van der Waals surface area contributed by atoms with Gasteiger partial charge in [-0.25, -0.2) is 19.1 Å². The van der Waals surface area contributed by atoms with E-state index in [1.165, 1.54) is 19.3 Å². The molecule has 2 rings (SSSR count). The van der Waals surface area contributed by atoms with Crippen LogP contribution in [0.1, 0.15) is 17.3 Å². The third-order valence-corrected chi connectivity index (χ3v) is 3.20. The molecule has 0 saturated heterocycles. The Morgan fingerprint density at radius 3 is 2.61 bits per heavy atom. The summed E-state index contributed by atoms with van der Waals surface area (Å²) < 4.78 is 11.2. The Bertz CT molecular complexity index is 896. The van der Waals surface area contributed by atoms with Crippen LogP contribution in [0.5, 0.6) is 0 Å². The predicted octanol–water partition coefficient (Wildman–Crippen LogP) is -0.555. The zero-order valence-electron chi connectivity index (χ0n) is 12.9. The summed E-state index contributed by atoms with van der Waals surface area (Å²) in [6, 6.07) is 1.29. The molecule has 0 unspecified atom stereocenters. The first-order chi connectivity index (χ1) is 10.9. The Balaban J connectivity index is 2.71. The Labute approximate surface area is 130 Å². The molecule has 0 amide bonds. The molecule has 2 aromatic rings. The maximum Gasteiger partial charge on any atom is 0.339 e. The molecule has 9 nitrogen and oxygen atoms in total. The molecule has 0 saturated carbocycles. The number of hydrogen-bond donors (Lipinski definition) is 0. The lowest BCUT2D eigenvalue weighted by Crippen LogP contribution is -2.41. The van der Waals surface area contributed by atoms with Crippen molar-refractivity contribution in [2.75, 3.05) is 13.7 Å². The topological polar surface area (TPSA) is 109 Å². The van der Waals surface area contributed by atoms with Crippen molar-refractivity contribution in [3.63, 3.8) is 0 Å². The van der Waals surface area contributed by atoms with E-state index in [4.69, 9.17) is 4.74 Å². The third kappa shape index (κ3) is 2.98. The number of carbonyl (C=O) groups is 2. The number of rotatable bonds is 4. The van der Waals surface area contributed by atoms with Crippen molar-refractivity contribution in [3.05, 3.63) is 38.7 Å². The van der Waals surface area contributed by atoms with Gasteiger partial charge in [-0.15, -0.1) is 0 Å². The maximum atomic E-state index is 12.4. The fourth-order valence-electron chi connectivity index (χ4n) is 2.05. The fourth-order valence-corrected chi connectivity index (χ4v) is 2.05. The third-order valence-electron chi connectivity index (χ3n) is 3.20. The number of ether oxygens (including phenoxy) is 2. The molecule has 0 atom stereocenters. The number of nitrogens with zero attached hydrogens (tertiary/aromatic N) is 3. The second kappa shape index (κ2) is 6.42. The lowest BCUT2D eigenvalue weighted by Gasteiger charge is -2.10. The molecule has 0 fully saturated rings. The molecule has 0 bridgehead atoms. The van der Waals surface area contributed by atoms with Crippen LogP contribution in [0.3, 0.4) is 0 Å². The Kier molecular flexibility index (Phi) is 4.58. The van der Waals surface area contributed by atoms with Crippen molar-refractivity contribution >= 4 is 23.0 Å². The van der Waals surface area contributed by atoms with E-state index in [0.717, 1.165) is 16.2 Å². The average Bonchev–Trinajstić information content (AvgIpc) is 2.56. The van der Waals surface area contributed by atoms with Gasteiger partial charge < -0.3 is 9.47 Å². The van der Waals surface area contributed by atoms with Gasteiger partial charge in [0.05, 0.1) is 24.7 Å². The van der Waals surface area contributed by atoms with Crippen LogP contribution in [0.2, 0.25) is 0 Å². The van der Waals surface area contributed by atoms with Crippen molar-refractivity contribution < 1.29 is 19.1 Å². The van der Waals surface area contributed by atoms with Gasteiger partial charge in [0.25, 0.3) is 5.56 Å². The molecule has 122 valence electrons. The van der Waals surface area contributed by atoms with E-state index in [0.29, 0.717) is 0 Å². The van der Waals surface area contributed by atoms with Gasteiger partial charge >= 0.3 is 17.6 Å². The zero-order valence-corrected chi connectivity index (χ0v) is 12.9. The lowest BCUT2D eigenvalue weighted by atomic mass is 10.2. The number of aryl methyl sites for hydroxylation is 1. The number of fused-ring (bicyclic) bond motifs is 1. The van der Waals surface area contributed by atoms with Gasteiger partial charge in [-0.2, -0.15) is 0 Å². The molecule has 9 heteroatoms. The lowest BCUT2D eigenvalue weighted by molar-refractivity contribution is -0.141. The highest BCUT2D eigenvalue weighted by Gasteiger charge is 2.17. The number of esters is 2.